The molecule has 114 valence electrons. The maximum Gasteiger partial charge on any atom is 0.120 e. The van der Waals surface area contributed by atoms with Crippen LogP contribution in [0.1, 0.15) is 43.9 Å². The van der Waals surface area contributed by atoms with Gasteiger partial charge in [-0.25, -0.2) is 4.98 Å². The van der Waals surface area contributed by atoms with Crippen LogP contribution in [0.4, 0.5) is 0 Å². The van der Waals surface area contributed by atoms with Crippen LogP contribution >= 0.6 is 11.3 Å². The van der Waals surface area contributed by atoms with Gasteiger partial charge >= 0.3 is 0 Å². The third-order valence-corrected chi connectivity index (χ3v) is 5.88. The normalized spacial score (nSPS) is 17.9. The Morgan fingerprint density at radius 3 is 2.68 bits per heavy atom. The standard InChI is InChI=1S/C18H20N2OS/c21-17(13-7-3-1-4-8-13)16-18(14-9-5-2-6-10-14)22-15-11-19-12-20(15)16/h2,5-6,9-13,17,21H,1,3-4,7-8H2/t17-/m1/s1. The number of nitrogens with zero attached hydrogens (tertiary/aromatic N) is 2. The summed E-state index contributed by atoms with van der Waals surface area (Å²) >= 11 is 1.72. The second kappa shape index (κ2) is 5.86. The monoisotopic (exact) mass is 312 g/mol. The average molecular weight is 312 g/mol. The summed E-state index contributed by atoms with van der Waals surface area (Å²) < 4.78 is 2.08. The smallest absolute Gasteiger partial charge is 0.120 e. The number of hydrogen-bond donors (Lipinski definition) is 1. The van der Waals surface area contributed by atoms with Crippen LogP contribution in [0.15, 0.2) is 42.9 Å². The first-order chi connectivity index (χ1) is 10.8. The summed E-state index contributed by atoms with van der Waals surface area (Å²) in [7, 11) is 0. The van der Waals surface area contributed by atoms with Gasteiger partial charge in [0.2, 0.25) is 0 Å². The molecule has 1 atom stereocenters. The van der Waals surface area contributed by atoms with Crippen molar-refractivity contribution in [3.63, 3.8) is 0 Å². The van der Waals surface area contributed by atoms with Gasteiger partial charge in [-0.05, 0) is 24.3 Å². The fourth-order valence-corrected chi connectivity index (χ4v) is 4.70. The Bertz CT molecular complexity index is 756. The second-order valence-electron chi connectivity index (χ2n) is 6.13. The van der Waals surface area contributed by atoms with Gasteiger partial charge in [0.1, 0.15) is 11.2 Å². The average Bonchev–Trinajstić information content (AvgIpc) is 3.16. The minimum absolute atomic E-state index is 0.372. The summed E-state index contributed by atoms with van der Waals surface area (Å²) in [5.41, 5.74) is 2.21. The van der Waals surface area contributed by atoms with E-state index >= 15 is 0 Å². The van der Waals surface area contributed by atoms with E-state index in [1.807, 2.05) is 18.6 Å². The van der Waals surface area contributed by atoms with Crippen molar-refractivity contribution in [2.24, 2.45) is 5.92 Å². The van der Waals surface area contributed by atoms with E-state index in [0.717, 1.165) is 23.4 Å². The Morgan fingerprint density at radius 1 is 1.14 bits per heavy atom. The molecular weight excluding hydrogens is 292 g/mol. The van der Waals surface area contributed by atoms with Crippen molar-refractivity contribution in [1.29, 1.82) is 0 Å². The molecule has 0 amide bonds. The van der Waals surface area contributed by atoms with E-state index in [2.05, 4.69) is 33.7 Å². The lowest BCUT2D eigenvalue weighted by atomic mass is 9.83. The molecule has 0 radical (unpaired) electrons. The third kappa shape index (κ3) is 2.36. The minimum atomic E-state index is -0.404. The lowest BCUT2D eigenvalue weighted by molar-refractivity contribution is 0.0811. The maximum atomic E-state index is 11.1. The molecule has 1 aromatic carbocycles. The highest BCUT2D eigenvalue weighted by molar-refractivity contribution is 7.20. The van der Waals surface area contributed by atoms with Crippen LogP contribution < -0.4 is 0 Å². The number of aliphatic hydroxyl groups is 1. The summed E-state index contributed by atoms with van der Waals surface area (Å²) in [5.74, 6) is 0.372. The Labute approximate surface area is 134 Å². The molecule has 2 aromatic heterocycles. The third-order valence-electron chi connectivity index (χ3n) is 4.72. The number of imidazole rings is 1. The summed E-state index contributed by atoms with van der Waals surface area (Å²) in [5, 5.41) is 11.1. The van der Waals surface area contributed by atoms with Crippen LogP contribution in [0.25, 0.3) is 15.3 Å². The van der Waals surface area contributed by atoms with E-state index in [1.165, 1.54) is 29.7 Å². The molecule has 1 saturated carbocycles. The van der Waals surface area contributed by atoms with Crippen LogP contribution in [0.3, 0.4) is 0 Å². The number of thiazole rings is 1. The number of hydrogen-bond acceptors (Lipinski definition) is 3. The Hall–Kier alpha value is -1.65. The summed E-state index contributed by atoms with van der Waals surface area (Å²) in [6.45, 7) is 0. The Kier molecular flexibility index (Phi) is 3.72. The van der Waals surface area contributed by atoms with Crippen LogP contribution in [0.5, 0.6) is 0 Å². The molecule has 1 aliphatic carbocycles. The van der Waals surface area contributed by atoms with Gasteiger partial charge in [0.15, 0.2) is 0 Å². The lowest BCUT2D eigenvalue weighted by Gasteiger charge is -2.27. The van der Waals surface area contributed by atoms with Gasteiger partial charge in [0, 0.05) is 0 Å². The van der Waals surface area contributed by atoms with Crippen molar-refractivity contribution in [1.82, 2.24) is 9.38 Å². The first-order valence-corrected chi connectivity index (χ1v) is 8.84. The second-order valence-corrected chi connectivity index (χ2v) is 7.16. The molecule has 1 aliphatic rings. The minimum Gasteiger partial charge on any atom is -0.387 e. The molecule has 0 unspecified atom stereocenters. The Morgan fingerprint density at radius 2 is 1.91 bits per heavy atom. The number of aliphatic hydroxyl groups excluding tert-OH is 1. The van der Waals surface area contributed by atoms with E-state index in [1.54, 1.807) is 11.3 Å². The first-order valence-electron chi connectivity index (χ1n) is 8.03. The molecule has 3 nitrogen and oxygen atoms in total. The van der Waals surface area contributed by atoms with E-state index in [4.69, 9.17) is 0 Å². The van der Waals surface area contributed by atoms with Gasteiger partial charge in [-0.15, -0.1) is 11.3 Å². The highest BCUT2D eigenvalue weighted by Crippen LogP contribution is 2.42. The van der Waals surface area contributed by atoms with Crippen LogP contribution in [-0.2, 0) is 0 Å². The highest BCUT2D eigenvalue weighted by Gasteiger charge is 2.28. The molecular formula is C18H20N2OS. The van der Waals surface area contributed by atoms with Gasteiger partial charge in [0.05, 0.1) is 22.9 Å². The Balaban J connectivity index is 1.82. The molecule has 0 aliphatic heterocycles. The molecule has 0 bridgehead atoms. The van der Waals surface area contributed by atoms with Gasteiger partial charge in [0.25, 0.3) is 0 Å². The number of aromatic nitrogens is 2. The number of rotatable bonds is 3. The van der Waals surface area contributed by atoms with E-state index in [0.29, 0.717) is 5.92 Å². The lowest BCUT2D eigenvalue weighted by Crippen LogP contribution is -2.17. The van der Waals surface area contributed by atoms with Crippen molar-refractivity contribution >= 4 is 16.2 Å². The topological polar surface area (TPSA) is 37.5 Å². The predicted octanol–water partition coefficient (Wildman–Crippen LogP) is 4.68. The highest BCUT2D eigenvalue weighted by atomic mass is 32.1. The van der Waals surface area contributed by atoms with Crippen molar-refractivity contribution in [2.75, 3.05) is 0 Å². The molecule has 0 spiro atoms. The molecule has 22 heavy (non-hydrogen) atoms. The quantitative estimate of drug-likeness (QED) is 0.762. The maximum absolute atomic E-state index is 11.1. The molecule has 1 N–H and O–H groups in total. The van der Waals surface area contributed by atoms with Gasteiger partial charge in [-0.2, -0.15) is 0 Å². The zero-order valence-electron chi connectivity index (χ0n) is 12.5. The largest absolute Gasteiger partial charge is 0.387 e. The van der Waals surface area contributed by atoms with E-state index in [-0.39, 0.29) is 0 Å². The van der Waals surface area contributed by atoms with Gasteiger partial charge in [-0.3, -0.25) is 4.40 Å². The van der Waals surface area contributed by atoms with Crippen LogP contribution in [-0.4, -0.2) is 14.5 Å². The fraction of sp³-hybridized carbons (Fsp3) is 0.389. The molecule has 3 aromatic rings. The van der Waals surface area contributed by atoms with E-state index < -0.39 is 6.10 Å². The van der Waals surface area contributed by atoms with Crippen molar-refractivity contribution < 1.29 is 5.11 Å². The van der Waals surface area contributed by atoms with Crippen LogP contribution in [0.2, 0.25) is 0 Å². The van der Waals surface area contributed by atoms with Crippen molar-refractivity contribution in [2.45, 2.75) is 38.2 Å². The molecule has 4 heteroatoms. The van der Waals surface area contributed by atoms with Crippen molar-refractivity contribution in [3.05, 3.63) is 48.5 Å². The number of fused-ring (bicyclic) bond motifs is 1. The molecule has 1 fully saturated rings. The molecule has 2 heterocycles. The van der Waals surface area contributed by atoms with Gasteiger partial charge in [-0.1, -0.05) is 49.6 Å². The van der Waals surface area contributed by atoms with Gasteiger partial charge < -0.3 is 5.11 Å². The SMILES string of the molecule is O[C@@H](c1c(-c2ccccc2)sc2cncn12)C1CCCCC1. The summed E-state index contributed by atoms with van der Waals surface area (Å²) in [6.07, 6.45) is 9.34. The first kappa shape index (κ1) is 14.0. The van der Waals surface area contributed by atoms with Crippen molar-refractivity contribution in [3.8, 4) is 10.4 Å². The summed E-state index contributed by atoms with van der Waals surface area (Å²) in [6, 6.07) is 10.4. The summed E-state index contributed by atoms with van der Waals surface area (Å²) in [4.78, 5) is 6.52. The number of benzene rings is 1. The molecule has 4 rings (SSSR count). The predicted molar refractivity (Wildman–Crippen MR) is 90.0 cm³/mol. The van der Waals surface area contributed by atoms with E-state index in [9.17, 15) is 5.11 Å². The van der Waals surface area contributed by atoms with Crippen LogP contribution in [0, 0.1) is 5.92 Å². The zero-order chi connectivity index (χ0) is 14.9. The molecule has 0 saturated heterocycles. The zero-order valence-corrected chi connectivity index (χ0v) is 13.3. The fourth-order valence-electron chi connectivity index (χ4n) is 3.55.